The SMILES string of the molecule is COc1ccc(C(=O)Oc2cccc(C=NNC(=O)CNC(=O)c3cc(OC)c(OC)c(OC)c3)c2)cc1. The number of nitrogens with zero attached hydrogens (tertiary/aromatic N) is 1. The fraction of sp³-hybridized carbons (Fsp3) is 0.185. The van der Waals surface area contributed by atoms with Crippen LogP contribution in [0.15, 0.2) is 65.8 Å². The number of carbonyl (C=O) groups excluding carboxylic acids is 3. The zero-order valence-electron chi connectivity index (χ0n) is 21.3. The predicted molar refractivity (Wildman–Crippen MR) is 139 cm³/mol. The van der Waals surface area contributed by atoms with E-state index in [1.54, 1.807) is 48.5 Å². The van der Waals surface area contributed by atoms with Crippen LogP contribution in [0.5, 0.6) is 28.7 Å². The van der Waals surface area contributed by atoms with Crippen LogP contribution in [0.25, 0.3) is 0 Å². The summed E-state index contributed by atoms with van der Waals surface area (Å²) in [5, 5.41) is 6.38. The van der Waals surface area contributed by atoms with Gasteiger partial charge in [-0.3, -0.25) is 9.59 Å². The van der Waals surface area contributed by atoms with Crippen LogP contribution in [0, 0.1) is 0 Å². The number of hydrogen-bond acceptors (Lipinski definition) is 9. The van der Waals surface area contributed by atoms with Gasteiger partial charge in [-0.25, -0.2) is 10.2 Å². The van der Waals surface area contributed by atoms with E-state index in [0.29, 0.717) is 39.9 Å². The number of benzene rings is 3. The lowest BCUT2D eigenvalue weighted by atomic mass is 10.1. The molecule has 3 rings (SSSR count). The highest BCUT2D eigenvalue weighted by Gasteiger charge is 2.17. The van der Waals surface area contributed by atoms with E-state index < -0.39 is 17.8 Å². The summed E-state index contributed by atoms with van der Waals surface area (Å²) in [7, 11) is 5.86. The summed E-state index contributed by atoms with van der Waals surface area (Å²) >= 11 is 0. The van der Waals surface area contributed by atoms with Crippen LogP contribution in [-0.4, -0.2) is 59.0 Å². The Kier molecular flexibility index (Phi) is 9.64. The van der Waals surface area contributed by atoms with Crippen molar-refractivity contribution in [2.45, 2.75) is 0 Å². The fourth-order valence-electron chi connectivity index (χ4n) is 3.24. The van der Waals surface area contributed by atoms with Gasteiger partial charge in [0.25, 0.3) is 11.8 Å². The molecule has 3 aromatic carbocycles. The molecule has 0 heterocycles. The van der Waals surface area contributed by atoms with E-state index in [0.717, 1.165) is 0 Å². The number of hydrazone groups is 1. The van der Waals surface area contributed by atoms with E-state index in [-0.39, 0.29) is 12.1 Å². The maximum absolute atomic E-state index is 12.5. The van der Waals surface area contributed by atoms with Crippen molar-refractivity contribution in [3.05, 3.63) is 77.4 Å². The number of amides is 2. The summed E-state index contributed by atoms with van der Waals surface area (Å²) in [5.74, 6) is 0.294. The third-order valence-electron chi connectivity index (χ3n) is 5.13. The van der Waals surface area contributed by atoms with Crippen LogP contribution in [0.4, 0.5) is 0 Å². The monoisotopic (exact) mass is 521 g/mol. The molecule has 0 radical (unpaired) electrons. The van der Waals surface area contributed by atoms with Gasteiger partial charge in [-0.15, -0.1) is 0 Å². The number of methoxy groups -OCH3 is 4. The number of esters is 1. The van der Waals surface area contributed by atoms with Crippen molar-refractivity contribution in [3.8, 4) is 28.7 Å². The van der Waals surface area contributed by atoms with E-state index in [1.165, 1.54) is 46.8 Å². The molecule has 0 aliphatic carbocycles. The van der Waals surface area contributed by atoms with E-state index in [4.69, 9.17) is 23.7 Å². The molecular formula is C27H27N3O8. The van der Waals surface area contributed by atoms with Crippen molar-refractivity contribution in [1.82, 2.24) is 10.7 Å². The molecule has 2 N–H and O–H groups in total. The van der Waals surface area contributed by atoms with E-state index in [9.17, 15) is 14.4 Å². The molecule has 0 fully saturated rings. The van der Waals surface area contributed by atoms with Gasteiger partial charge in [0.05, 0.1) is 46.8 Å². The van der Waals surface area contributed by atoms with E-state index in [2.05, 4.69) is 15.8 Å². The van der Waals surface area contributed by atoms with E-state index >= 15 is 0 Å². The number of hydrogen-bond donors (Lipinski definition) is 2. The van der Waals surface area contributed by atoms with E-state index in [1.807, 2.05) is 0 Å². The molecular weight excluding hydrogens is 494 g/mol. The van der Waals surface area contributed by atoms with Crippen LogP contribution < -0.4 is 34.4 Å². The zero-order chi connectivity index (χ0) is 27.5. The second-order valence-electron chi connectivity index (χ2n) is 7.58. The molecule has 0 unspecified atom stereocenters. The van der Waals surface area contributed by atoms with Crippen LogP contribution in [0.3, 0.4) is 0 Å². The van der Waals surface area contributed by atoms with Gasteiger partial charge in [-0.1, -0.05) is 12.1 Å². The molecule has 0 bridgehead atoms. The van der Waals surface area contributed by atoms with Gasteiger partial charge >= 0.3 is 5.97 Å². The summed E-state index contributed by atoms with van der Waals surface area (Å²) in [6.07, 6.45) is 1.38. The minimum Gasteiger partial charge on any atom is -0.497 e. The molecule has 0 saturated heterocycles. The Hall–Kier alpha value is -5.06. The summed E-state index contributed by atoms with van der Waals surface area (Å²) in [5.41, 5.74) is 3.49. The van der Waals surface area contributed by atoms with Crippen molar-refractivity contribution >= 4 is 24.0 Å². The van der Waals surface area contributed by atoms with Crippen molar-refractivity contribution in [2.24, 2.45) is 5.10 Å². The Labute approximate surface area is 219 Å². The molecule has 38 heavy (non-hydrogen) atoms. The number of carbonyl (C=O) groups is 3. The summed E-state index contributed by atoms with van der Waals surface area (Å²) in [4.78, 5) is 37.0. The van der Waals surface area contributed by atoms with Crippen LogP contribution in [-0.2, 0) is 4.79 Å². The first-order valence-electron chi connectivity index (χ1n) is 11.2. The second-order valence-corrected chi connectivity index (χ2v) is 7.58. The summed E-state index contributed by atoms with van der Waals surface area (Å²) < 4.78 is 26.2. The maximum atomic E-state index is 12.5. The molecule has 0 aliphatic heterocycles. The van der Waals surface area contributed by atoms with Gasteiger partial charge < -0.3 is 29.0 Å². The Balaban J connectivity index is 1.53. The minimum atomic E-state index is -0.552. The Morgan fingerprint density at radius 2 is 1.47 bits per heavy atom. The molecule has 0 atom stereocenters. The highest BCUT2D eigenvalue weighted by atomic mass is 16.5. The molecule has 0 aromatic heterocycles. The average Bonchev–Trinajstić information content (AvgIpc) is 2.95. The van der Waals surface area contributed by atoms with Crippen LogP contribution in [0.1, 0.15) is 26.3 Å². The van der Waals surface area contributed by atoms with Crippen molar-refractivity contribution in [3.63, 3.8) is 0 Å². The molecule has 0 spiro atoms. The van der Waals surface area contributed by atoms with Crippen LogP contribution >= 0.6 is 0 Å². The second kappa shape index (κ2) is 13.3. The highest BCUT2D eigenvalue weighted by Crippen LogP contribution is 2.38. The lowest BCUT2D eigenvalue weighted by Crippen LogP contribution is -2.34. The molecule has 2 amide bonds. The molecule has 3 aromatic rings. The molecule has 0 saturated carbocycles. The van der Waals surface area contributed by atoms with Crippen molar-refractivity contribution in [1.29, 1.82) is 0 Å². The first-order chi connectivity index (χ1) is 18.4. The Morgan fingerprint density at radius 1 is 0.789 bits per heavy atom. The quantitative estimate of drug-likeness (QED) is 0.170. The lowest BCUT2D eigenvalue weighted by molar-refractivity contribution is -0.120. The number of nitrogens with one attached hydrogen (secondary N) is 2. The average molecular weight is 522 g/mol. The topological polar surface area (TPSA) is 134 Å². The molecule has 198 valence electrons. The zero-order valence-corrected chi connectivity index (χ0v) is 21.3. The van der Waals surface area contributed by atoms with Gasteiger partial charge in [0.15, 0.2) is 11.5 Å². The maximum Gasteiger partial charge on any atom is 0.343 e. The third kappa shape index (κ3) is 7.23. The third-order valence-corrected chi connectivity index (χ3v) is 5.13. The first-order valence-corrected chi connectivity index (χ1v) is 11.2. The van der Waals surface area contributed by atoms with Gasteiger partial charge in [0.1, 0.15) is 11.5 Å². The standard InChI is InChI=1S/C27H27N3O8/c1-34-20-10-8-18(9-11-20)27(33)38-21-7-5-6-17(12-21)15-29-30-24(31)16-28-26(32)19-13-22(35-2)25(37-4)23(14-19)36-3/h5-15H,16H2,1-4H3,(H,28,32)(H,30,31). The van der Waals surface area contributed by atoms with Gasteiger partial charge in [-0.2, -0.15) is 5.10 Å². The smallest absolute Gasteiger partial charge is 0.343 e. The normalized spacial score (nSPS) is 10.4. The molecule has 11 nitrogen and oxygen atoms in total. The van der Waals surface area contributed by atoms with Gasteiger partial charge in [-0.05, 0) is 54.1 Å². The lowest BCUT2D eigenvalue weighted by Gasteiger charge is -2.14. The first kappa shape index (κ1) is 27.5. The fourth-order valence-corrected chi connectivity index (χ4v) is 3.24. The molecule has 11 heteroatoms. The van der Waals surface area contributed by atoms with Crippen molar-refractivity contribution in [2.75, 3.05) is 35.0 Å². The number of ether oxygens (including phenoxy) is 5. The van der Waals surface area contributed by atoms with Crippen molar-refractivity contribution < 1.29 is 38.1 Å². The minimum absolute atomic E-state index is 0.219. The van der Waals surface area contributed by atoms with Crippen LogP contribution in [0.2, 0.25) is 0 Å². The van der Waals surface area contributed by atoms with Gasteiger partial charge in [0, 0.05) is 5.56 Å². The summed E-state index contributed by atoms with van der Waals surface area (Å²) in [6.45, 7) is -0.327. The molecule has 0 aliphatic rings. The van der Waals surface area contributed by atoms with Gasteiger partial charge in [0.2, 0.25) is 5.75 Å². The summed E-state index contributed by atoms with van der Waals surface area (Å²) in [6, 6.07) is 16.1. The Morgan fingerprint density at radius 3 is 2.08 bits per heavy atom. The predicted octanol–water partition coefficient (Wildman–Crippen LogP) is 2.82. The highest BCUT2D eigenvalue weighted by molar-refractivity contribution is 5.97. The number of rotatable bonds is 11. The largest absolute Gasteiger partial charge is 0.497 e. The Bertz CT molecular complexity index is 1300.